The normalized spacial score (nSPS) is 14.1. The summed E-state index contributed by atoms with van der Waals surface area (Å²) in [6.45, 7) is 1.31. The molecule has 0 radical (unpaired) electrons. The Morgan fingerprint density at radius 2 is 1.47 bits per heavy atom. The van der Waals surface area contributed by atoms with Crippen molar-refractivity contribution in [1.82, 2.24) is 16.0 Å². The molecular formula is C21H29N5O8. The Labute approximate surface area is 195 Å². The Hall–Kier alpha value is -4.00. The van der Waals surface area contributed by atoms with E-state index < -0.39 is 66.2 Å². The molecule has 0 aliphatic rings. The number of benzene rings is 1. The van der Waals surface area contributed by atoms with Crippen LogP contribution in [0.25, 0.3) is 0 Å². The number of nitrogens with one attached hydrogen (secondary N) is 3. The second-order valence-electron chi connectivity index (χ2n) is 7.59. The van der Waals surface area contributed by atoms with Crippen LogP contribution in [-0.4, -0.2) is 69.9 Å². The Balaban J connectivity index is 2.76. The standard InChI is InChI=1S/C21H29N5O8/c1-11(24-19(31)13(22)9-12-5-3-2-4-6-12)18(30)26-15(10-17(28)29)20(32)25-14(21(33)34)7-8-16(23)27/h2-6,11,13-15H,7-10,22H2,1H3,(H2,23,27)(H,24,31)(H,25,32)(H,26,30)(H,28,29)(H,33,34). The number of nitrogens with two attached hydrogens (primary N) is 2. The minimum Gasteiger partial charge on any atom is -0.481 e. The van der Waals surface area contributed by atoms with Crippen LogP contribution in [-0.2, 0) is 35.2 Å². The summed E-state index contributed by atoms with van der Waals surface area (Å²) in [7, 11) is 0. The van der Waals surface area contributed by atoms with E-state index in [4.69, 9.17) is 16.6 Å². The van der Waals surface area contributed by atoms with Crippen LogP contribution in [0.15, 0.2) is 30.3 Å². The van der Waals surface area contributed by atoms with Crippen LogP contribution in [0.1, 0.15) is 31.7 Å². The van der Waals surface area contributed by atoms with Crippen LogP contribution in [0.2, 0.25) is 0 Å². The van der Waals surface area contributed by atoms with E-state index >= 15 is 0 Å². The Morgan fingerprint density at radius 3 is 2.00 bits per heavy atom. The Morgan fingerprint density at radius 1 is 0.882 bits per heavy atom. The molecule has 4 amide bonds. The van der Waals surface area contributed by atoms with Crippen molar-refractivity contribution >= 4 is 35.6 Å². The maximum absolute atomic E-state index is 12.5. The summed E-state index contributed by atoms with van der Waals surface area (Å²) in [6, 6.07) is 3.64. The van der Waals surface area contributed by atoms with E-state index in [1.54, 1.807) is 24.3 Å². The zero-order valence-electron chi connectivity index (χ0n) is 18.5. The van der Waals surface area contributed by atoms with Gasteiger partial charge in [-0.05, 0) is 25.3 Å². The van der Waals surface area contributed by atoms with Gasteiger partial charge in [0.2, 0.25) is 23.6 Å². The first kappa shape index (κ1) is 28.0. The number of hydrogen-bond donors (Lipinski definition) is 7. The summed E-state index contributed by atoms with van der Waals surface area (Å²) >= 11 is 0. The molecule has 0 fully saturated rings. The van der Waals surface area contributed by atoms with E-state index in [2.05, 4.69) is 16.0 Å². The van der Waals surface area contributed by atoms with E-state index in [1.165, 1.54) is 6.92 Å². The van der Waals surface area contributed by atoms with Crippen LogP contribution in [0.4, 0.5) is 0 Å². The maximum atomic E-state index is 12.5. The van der Waals surface area contributed by atoms with Gasteiger partial charge in [-0.25, -0.2) is 4.79 Å². The summed E-state index contributed by atoms with van der Waals surface area (Å²) in [4.78, 5) is 70.6. The maximum Gasteiger partial charge on any atom is 0.326 e. The molecule has 34 heavy (non-hydrogen) atoms. The van der Waals surface area contributed by atoms with Crippen LogP contribution < -0.4 is 27.4 Å². The van der Waals surface area contributed by atoms with Gasteiger partial charge in [-0.15, -0.1) is 0 Å². The van der Waals surface area contributed by atoms with Gasteiger partial charge in [0, 0.05) is 6.42 Å². The lowest BCUT2D eigenvalue weighted by Crippen LogP contribution is -2.57. The van der Waals surface area contributed by atoms with E-state index in [0.29, 0.717) is 0 Å². The molecule has 0 aromatic heterocycles. The summed E-state index contributed by atoms with van der Waals surface area (Å²) in [5.74, 6) is -6.30. The molecule has 13 heteroatoms. The number of hydrogen-bond acceptors (Lipinski definition) is 7. The van der Waals surface area contributed by atoms with E-state index in [1.807, 2.05) is 6.07 Å². The van der Waals surface area contributed by atoms with Gasteiger partial charge in [0.1, 0.15) is 18.1 Å². The van der Waals surface area contributed by atoms with Gasteiger partial charge >= 0.3 is 11.9 Å². The lowest BCUT2D eigenvalue weighted by molar-refractivity contribution is -0.143. The number of carbonyl (C=O) groups is 6. The fourth-order valence-electron chi connectivity index (χ4n) is 2.84. The third-order valence-electron chi connectivity index (χ3n) is 4.69. The summed E-state index contributed by atoms with van der Waals surface area (Å²) < 4.78 is 0. The number of carboxylic acids is 2. The number of rotatable bonds is 14. The fourth-order valence-corrected chi connectivity index (χ4v) is 2.84. The molecule has 1 aromatic carbocycles. The number of amides is 4. The van der Waals surface area contributed by atoms with Gasteiger partial charge in [0.25, 0.3) is 0 Å². The molecule has 4 unspecified atom stereocenters. The predicted octanol–water partition coefficient (Wildman–Crippen LogP) is -2.14. The largest absolute Gasteiger partial charge is 0.481 e. The van der Waals surface area contributed by atoms with Crippen molar-refractivity contribution < 1.29 is 39.0 Å². The first-order valence-corrected chi connectivity index (χ1v) is 10.3. The molecule has 4 atom stereocenters. The second-order valence-corrected chi connectivity index (χ2v) is 7.59. The first-order valence-electron chi connectivity index (χ1n) is 10.3. The zero-order valence-corrected chi connectivity index (χ0v) is 18.5. The lowest BCUT2D eigenvalue weighted by atomic mass is 10.1. The molecule has 0 saturated heterocycles. The molecule has 0 bridgehead atoms. The van der Waals surface area contributed by atoms with Crippen molar-refractivity contribution in [3.63, 3.8) is 0 Å². The molecule has 0 aliphatic heterocycles. The summed E-state index contributed by atoms with van der Waals surface area (Å²) in [6.07, 6.45) is -1.30. The van der Waals surface area contributed by atoms with Crippen LogP contribution >= 0.6 is 0 Å². The Kier molecular flexibility index (Phi) is 11.2. The minimum absolute atomic E-state index is 0.215. The predicted molar refractivity (Wildman–Crippen MR) is 118 cm³/mol. The lowest BCUT2D eigenvalue weighted by Gasteiger charge is -2.23. The van der Waals surface area contributed by atoms with Crippen molar-refractivity contribution in [1.29, 1.82) is 0 Å². The van der Waals surface area contributed by atoms with Crippen LogP contribution in [0.3, 0.4) is 0 Å². The van der Waals surface area contributed by atoms with Gasteiger partial charge in [-0.3, -0.25) is 24.0 Å². The molecule has 0 heterocycles. The number of primary amides is 1. The molecule has 0 aliphatic carbocycles. The van der Waals surface area contributed by atoms with Crippen LogP contribution in [0.5, 0.6) is 0 Å². The molecule has 1 rings (SSSR count). The molecule has 0 spiro atoms. The van der Waals surface area contributed by atoms with Gasteiger partial charge in [-0.1, -0.05) is 30.3 Å². The highest BCUT2D eigenvalue weighted by molar-refractivity contribution is 5.95. The molecule has 0 saturated carbocycles. The van der Waals surface area contributed by atoms with Crippen LogP contribution in [0, 0.1) is 0 Å². The van der Waals surface area contributed by atoms with E-state index in [-0.39, 0.29) is 19.3 Å². The van der Waals surface area contributed by atoms with Crippen molar-refractivity contribution in [3.8, 4) is 0 Å². The number of aliphatic carboxylic acids is 2. The van der Waals surface area contributed by atoms with Crippen molar-refractivity contribution in [2.75, 3.05) is 0 Å². The van der Waals surface area contributed by atoms with E-state index in [0.717, 1.165) is 5.56 Å². The van der Waals surface area contributed by atoms with Crippen molar-refractivity contribution in [3.05, 3.63) is 35.9 Å². The quantitative estimate of drug-likeness (QED) is 0.154. The van der Waals surface area contributed by atoms with Gasteiger partial charge in [0.15, 0.2) is 0 Å². The Bertz CT molecular complexity index is 908. The average Bonchev–Trinajstić information content (AvgIpc) is 2.75. The topological polar surface area (TPSA) is 231 Å². The monoisotopic (exact) mass is 479 g/mol. The minimum atomic E-state index is -1.64. The molecule has 186 valence electrons. The molecule has 13 nitrogen and oxygen atoms in total. The fraction of sp³-hybridized carbons (Fsp3) is 0.429. The highest BCUT2D eigenvalue weighted by Crippen LogP contribution is 2.03. The summed E-state index contributed by atoms with van der Waals surface area (Å²) in [5, 5.41) is 24.9. The third kappa shape index (κ3) is 10.1. The van der Waals surface area contributed by atoms with Gasteiger partial charge < -0.3 is 37.6 Å². The first-order chi connectivity index (χ1) is 15.9. The SMILES string of the molecule is CC(NC(=O)C(N)Cc1ccccc1)C(=O)NC(CC(=O)O)C(=O)NC(CCC(N)=O)C(=O)O. The molecule has 1 aromatic rings. The number of carboxylic acid groups (broad SMARTS) is 2. The van der Waals surface area contributed by atoms with Gasteiger partial charge in [-0.2, -0.15) is 0 Å². The smallest absolute Gasteiger partial charge is 0.326 e. The zero-order chi connectivity index (χ0) is 25.8. The number of carbonyl (C=O) groups excluding carboxylic acids is 4. The third-order valence-corrected chi connectivity index (χ3v) is 4.69. The highest BCUT2D eigenvalue weighted by Gasteiger charge is 2.30. The average molecular weight is 479 g/mol. The van der Waals surface area contributed by atoms with Gasteiger partial charge in [0.05, 0.1) is 12.5 Å². The van der Waals surface area contributed by atoms with Crippen molar-refractivity contribution in [2.45, 2.75) is 56.8 Å². The molecule has 9 N–H and O–H groups in total. The second kappa shape index (κ2) is 13.5. The molecular weight excluding hydrogens is 450 g/mol. The summed E-state index contributed by atoms with van der Waals surface area (Å²) in [5.41, 5.74) is 11.7. The highest BCUT2D eigenvalue weighted by atomic mass is 16.4. The van der Waals surface area contributed by atoms with E-state index in [9.17, 15) is 33.9 Å². The van der Waals surface area contributed by atoms with Crippen molar-refractivity contribution in [2.24, 2.45) is 11.5 Å².